The summed E-state index contributed by atoms with van der Waals surface area (Å²) >= 11 is 0. The average molecular weight is 433 g/mol. The van der Waals surface area contributed by atoms with Gasteiger partial charge in [-0.3, -0.25) is 0 Å². The lowest BCUT2D eigenvalue weighted by molar-refractivity contribution is -0.0751. The molecule has 0 atom stereocenters. The van der Waals surface area contributed by atoms with Crippen LogP contribution in [0.3, 0.4) is 0 Å². The second-order valence-electron chi connectivity index (χ2n) is 8.91. The van der Waals surface area contributed by atoms with Crippen molar-refractivity contribution < 1.29 is 23.7 Å². The highest BCUT2D eigenvalue weighted by Gasteiger charge is 2.38. The number of β-amino-alcohol motifs (C(OH)–C–C–N with tert-alkyl or cyclic N) is 1. The van der Waals surface area contributed by atoms with Crippen LogP contribution in [0.1, 0.15) is 25.7 Å². The molecule has 0 bridgehead atoms. The molecule has 0 unspecified atom stereocenters. The number of benzene rings is 2. The Bertz CT molecular complexity index is 861. The summed E-state index contributed by atoms with van der Waals surface area (Å²) in [5.41, 5.74) is -0.787. The highest BCUT2D eigenvalue weighted by Crippen LogP contribution is 2.30. The van der Waals surface area contributed by atoms with Gasteiger partial charge < -0.3 is 24.7 Å². The standard InChI is InChI=1S/C24H30F2N2O3/c25-19-5-7-20(8-6-19)28-15-11-23(29,12-16-28)17-27-13-9-24(30,10-14-27)18-31-22-4-2-1-3-21(22)26/h1-8,29-30H,9-18H2. The molecule has 2 aromatic rings. The molecule has 2 fully saturated rings. The minimum absolute atomic E-state index is 0.0542. The molecule has 0 aromatic heterocycles. The maximum atomic E-state index is 13.7. The fourth-order valence-electron chi connectivity index (χ4n) is 4.45. The van der Waals surface area contributed by atoms with Crippen molar-refractivity contribution >= 4 is 5.69 Å². The summed E-state index contributed by atoms with van der Waals surface area (Å²) in [4.78, 5) is 4.36. The summed E-state index contributed by atoms with van der Waals surface area (Å²) in [6.07, 6.45) is 2.31. The van der Waals surface area contributed by atoms with Gasteiger partial charge in [0.2, 0.25) is 0 Å². The Morgan fingerprint density at radius 2 is 1.42 bits per heavy atom. The van der Waals surface area contributed by atoms with Crippen molar-refractivity contribution in [3.8, 4) is 5.75 Å². The summed E-state index contributed by atoms with van der Waals surface area (Å²) in [6.45, 7) is 3.36. The fourth-order valence-corrected chi connectivity index (χ4v) is 4.45. The van der Waals surface area contributed by atoms with Gasteiger partial charge in [0, 0.05) is 38.4 Å². The SMILES string of the molecule is OC1(COc2ccccc2F)CCN(CC2(O)CCN(c3ccc(F)cc3)CC2)CC1. The van der Waals surface area contributed by atoms with E-state index >= 15 is 0 Å². The van der Waals surface area contributed by atoms with E-state index < -0.39 is 17.0 Å². The molecule has 4 rings (SSSR count). The van der Waals surface area contributed by atoms with Crippen LogP contribution in [0.25, 0.3) is 0 Å². The first kappa shape index (κ1) is 22.0. The minimum atomic E-state index is -0.993. The van der Waals surface area contributed by atoms with Gasteiger partial charge in [-0.2, -0.15) is 0 Å². The molecule has 0 radical (unpaired) electrons. The number of anilines is 1. The molecule has 168 valence electrons. The first-order chi connectivity index (χ1) is 14.8. The number of hydrogen-bond donors (Lipinski definition) is 2. The van der Waals surface area contributed by atoms with E-state index in [1.165, 1.54) is 18.2 Å². The Morgan fingerprint density at radius 1 is 0.806 bits per heavy atom. The fraction of sp³-hybridized carbons (Fsp3) is 0.500. The number of ether oxygens (including phenoxy) is 1. The van der Waals surface area contributed by atoms with Crippen LogP contribution in [0.5, 0.6) is 5.75 Å². The Balaban J connectivity index is 1.24. The molecule has 0 amide bonds. The smallest absolute Gasteiger partial charge is 0.165 e. The molecule has 2 aliphatic heterocycles. The van der Waals surface area contributed by atoms with Gasteiger partial charge in [-0.05, 0) is 62.1 Å². The molecular weight excluding hydrogens is 402 g/mol. The average Bonchev–Trinajstić information content (AvgIpc) is 2.76. The molecule has 31 heavy (non-hydrogen) atoms. The van der Waals surface area contributed by atoms with Gasteiger partial charge in [-0.1, -0.05) is 12.1 Å². The van der Waals surface area contributed by atoms with Crippen LogP contribution in [0.2, 0.25) is 0 Å². The van der Waals surface area contributed by atoms with E-state index in [1.807, 2.05) is 0 Å². The van der Waals surface area contributed by atoms with E-state index in [1.54, 1.807) is 30.3 Å². The zero-order chi connectivity index (χ0) is 21.9. The van der Waals surface area contributed by atoms with Gasteiger partial charge in [0.1, 0.15) is 18.0 Å². The highest BCUT2D eigenvalue weighted by atomic mass is 19.1. The van der Waals surface area contributed by atoms with Crippen molar-refractivity contribution in [2.45, 2.75) is 36.9 Å². The van der Waals surface area contributed by atoms with Gasteiger partial charge in [-0.15, -0.1) is 0 Å². The number of nitrogens with zero attached hydrogens (tertiary/aromatic N) is 2. The lowest BCUT2D eigenvalue weighted by Crippen LogP contribution is -2.55. The Kier molecular flexibility index (Phi) is 6.46. The zero-order valence-electron chi connectivity index (χ0n) is 17.6. The van der Waals surface area contributed by atoms with Crippen molar-refractivity contribution in [2.75, 3.05) is 44.2 Å². The van der Waals surface area contributed by atoms with Crippen molar-refractivity contribution in [1.29, 1.82) is 0 Å². The third-order valence-corrected chi connectivity index (χ3v) is 6.52. The number of likely N-dealkylation sites (tertiary alicyclic amines) is 1. The van der Waals surface area contributed by atoms with Crippen LogP contribution >= 0.6 is 0 Å². The molecule has 0 aliphatic carbocycles. The van der Waals surface area contributed by atoms with Crippen molar-refractivity contribution in [1.82, 2.24) is 4.90 Å². The third kappa shape index (κ3) is 5.53. The predicted molar refractivity (Wildman–Crippen MR) is 115 cm³/mol. The van der Waals surface area contributed by atoms with Gasteiger partial charge in [0.15, 0.2) is 11.6 Å². The molecule has 0 saturated carbocycles. The molecule has 7 heteroatoms. The second-order valence-corrected chi connectivity index (χ2v) is 8.91. The first-order valence-corrected chi connectivity index (χ1v) is 10.9. The summed E-state index contributed by atoms with van der Waals surface area (Å²) in [6, 6.07) is 12.7. The lowest BCUT2D eigenvalue weighted by atomic mass is 9.87. The molecule has 2 heterocycles. The van der Waals surface area contributed by atoms with Crippen LogP contribution in [0, 0.1) is 11.6 Å². The van der Waals surface area contributed by atoms with E-state index in [-0.39, 0.29) is 18.2 Å². The van der Waals surface area contributed by atoms with Crippen LogP contribution in [-0.4, -0.2) is 65.6 Å². The third-order valence-electron chi connectivity index (χ3n) is 6.52. The number of aliphatic hydroxyl groups is 2. The maximum absolute atomic E-state index is 13.7. The van der Waals surface area contributed by atoms with Crippen LogP contribution in [0.4, 0.5) is 14.5 Å². The van der Waals surface area contributed by atoms with Crippen LogP contribution < -0.4 is 9.64 Å². The Labute approximate surface area is 181 Å². The number of piperidine rings is 2. The Hall–Kier alpha value is -2.22. The summed E-state index contributed by atoms with van der Waals surface area (Å²) in [7, 11) is 0. The van der Waals surface area contributed by atoms with Crippen molar-refractivity contribution in [3.05, 3.63) is 60.2 Å². The van der Waals surface area contributed by atoms with E-state index in [9.17, 15) is 19.0 Å². The predicted octanol–water partition coefficient (Wildman–Crippen LogP) is 3.20. The summed E-state index contributed by atoms with van der Waals surface area (Å²) in [5, 5.41) is 21.9. The first-order valence-electron chi connectivity index (χ1n) is 10.9. The summed E-state index contributed by atoms with van der Waals surface area (Å²) < 4.78 is 32.4. The van der Waals surface area contributed by atoms with E-state index in [0.29, 0.717) is 45.3 Å². The number of para-hydroxylation sites is 1. The monoisotopic (exact) mass is 432 g/mol. The lowest BCUT2D eigenvalue weighted by Gasteiger charge is -2.44. The minimum Gasteiger partial charge on any atom is -0.488 e. The molecule has 0 spiro atoms. The largest absolute Gasteiger partial charge is 0.488 e. The van der Waals surface area contributed by atoms with E-state index in [2.05, 4.69) is 9.80 Å². The number of halogens is 2. The van der Waals surface area contributed by atoms with E-state index in [0.717, 1.165) is 18.8 Å². The molecular formula is C24H30F2N2O3. The molecule has 2 saturated heterocycles. The topological polar surface area (TPSA) is 56.2 Å². The van der Waals surface area contributed by atoms with Crippen LogP contribution in [-0.2, 0) is 0 Å². The zero-order valence-corrected chi connectivity index (χ0v) is 17.6. The van der Waals surface area contributed by atoms with Gasteiger partial charge >= 0.3 is 0 Å². The normalized spacial score (nSPS) is 21.1. The van der Waals surface area contributed by atoms with Gasteiger partial charge in [0.25, 0.3) is 0 Å². The van der Waals surface area contributed by atoms with E-state index in [4.69, 9.17) is 4.74 Å². The van der Waals surface area contributed by atoms with Crippen LogP contribution in [0.15, 0.2) is 48.5 Å². The summed E-state index contributed by atoms with van der Waals surface area (Å²) in [5.74, 6) is -0.528. The molecule has 2 aromatic carbocycles. The quantitative estimate of drug-likeness (QED) is 0.734. The second kappa shape index (κ2) is 9.10. The van der Waals surface area contributed by atoms with Crippen molar-refractivity contribution in [3.63, 3.8) is 0 Å². The van der Waals surface area contributed by atoms with Gasteiger partial charge in [-0.25, -0.2) is 8.78 Å². The maximum Gasteiger partial charge on any atom is 0.165 e. The molecule has 5 nitrogen and oxygen atoms in total. The highest BCUT2D eigenvalue weighted by molar-refractivity contribution is 5.46. The number of rotatable bonds is 6. The molecule has 2 N–H and O–H groups in total. The van der Waals surface area contributed by atoms with Crippen molar-refractivity contribution in [2.24, 2.45) is 0 Å². The molecule has 2 aliphatic rings. The van der Waals surface area contributed by atoms with Gasteiger partial charge in [0.05, 0.1) is 5.60 Å². The number of hydrogen-bond acceptors (Lipinski definition) is 5. The Morgan fingerprint density at radius 3 is 2.06 bits per heavy atom.